The van der Waals surface area contributed by atoms with Crippen molar-refractivity contribution in [2.24, 2.45) is 5.92 Å². The van der Waals surface area contributed by atoms with Crippen molar-refractivity contribution < 1.29 is 4.79 Å². The lowest BCUT2D eigenvalue weighted by Gasteiger charge is -2.26. The van der Waals surface area contributed by atoms with Crippen LogP contribution in [-0.4, -0.2) is 30.8 Å². The third-order valence-corrected chi connectivity index (χ3v) is 7.59. The molecule has 1 aliphatic rings. The largest absolute Gasteiger partial charge is 0.383 e. The number of pyridine rings is 1. The van der Waals surface area contributed by atoms with Crippen LogP contribution < -0.4 is 16.8 Å². The number of carbonyl (C=O) groups is 1. The number of rotatable bonds is 6. The first-order valence-electron chi connectivity index (χ1n) is 12.8. The summed E-state index contributed by atoms with van der Waals surface area (Å²) in [5.41, 5.74) is 17.3. The van der Waals surface area contributed by atoms with Crippen molar-refractivity contribution in [3.05, 3.63) is 94.8 Å². The number of aromatic amines is 1. The summed E-state index contributed by atoms with van der Waals surface area (Å²) in [6, 6.07) is 17.2. The van der Waals surface area contributed by atoms with Gasteiger partial charge in [0.25, 0.3) is 0 Å². The number of amides is 1. The molecule has 0 radical (unpaired) electrons. The summed E-state index contributed by atoms with van der Waals surface area (Å²) in [5.74, 6) is 1.35. The Morgan fingerprint density at radius 1 is 1.08 bits per heavy atom. The molecule has 2 aromatic carbocycles. The normalized spacial score (nSPS) is 15.6. The van der Waals surface area contributed by atoms with E-state index in [9.17, 15) is 4.79 Å². The molecule has 1 amide bonds. The molecule has 0 fully saturated rings. The van der Waals surface area contributed by atoms with E-state index in [1.54, 1.807) is 6.20 Å². The van der Waals surface area contributed by atoms with Gasteiger partial charge in [0.15, 0.2) is 0 Å². The van der Waals surface area contributed by atoms with Crippen molar-refractivity contribution in [2.45, 2.75) is 31.7 Å². The second kappa shape index (κ2) is 10.3. The molecule has 39 heavy (non-hydrogen) atoms. The molecule has 3 aromatic heterocycles. The van der Waals surface area contributed by atoms with E-state index in [1.165, 1.54) is 6.33 Å². The van der Waals surface area contributed by atoms with E-state index in [2.05, 4.69) is 25.3 Å². The maximum absolute atomic E-state index is 13.5. The Morgan fingerprint density at radius 3 is 2.77 bits per heavy atom. The number of H-pyrrole nitrogens is 1. The summed E-state index contributed by atoms with van der Waals surface area (Å²) in [6.07, 6.45) is 5.74. The van der Waals surface area contributed by atoms with Crippen molar-refractivity contribution in [3.8, 4) is 11.3 Å². The minimum atomic E-state index is -0.409. The lowest BCUT2D eigenvalue weighted by Crippen LogP contribution is -2.38. The molecule has 0 spiro atoms. The smallest absolute Gasteiger partial charge is 0.224 e. The second-order valence-electron chi connectivity index (χ2n) is 9.80. The molecule has 3 heterocycles. The van der Waals surface area contributed by atoms with Gasteiger partial charge in [0.2, 0.25) is 5.91 Å². The van der Waals surface area contributed by atoms with Gasteiger partial charge >= 0.3 is 0 Å². The first-order chi connectivity index (χ1) is 19.0. The number of anilines is 2. The van der Waals surface area contributed by atoms with Crippen molar-refractivity contribution in [2.75, 3.05) is 11.5 Å². The Kier molecular flexibility index (Phi) is 6.58. The number of aromatic nitrogens is 5. The highest BCUT2D eigenvalue weighted by molar-refractivity contribution is 6.32. The second-order valence-corrected chi connectivity index (χ2v) is 10.2. The van der Waals surface area contributed by atoms with Crippen LogP contribution >= 0.6 is 11.6 Å². The fraction of sp³-hybridized carbons (Fsp3) is 0.207. The van der Waals surface area contributed by atoms with E-state index in [0.29, 0.717) is 53.1 Å². The number of carbonyl (C=O) groups excluding carboxylic acids is 1. The summed E-state index contributed by atoms with van der Waals surface area (Å²) >= 11 is 6.66. The van der Waals surface area contributed by atoms with Crippen molar-refractivity contribution >= 4 is 40.0 Å². The van der Waals surface area contributed by atoms with Crippen LogP contribution in [0.15, 0.2) is 67.1 Å². The molecule has 6 N–H and O–H groups in total. The number of halogens is 1. The lowest BCUT2D eigenvalue weighted by molar-refractivity contribution is -0.126. The van der Waals surface area contributed by atoms with Crippen LogP contribution in [0.1, 0.15) is 35.0 Å². The zero-order valence-electron chi connectivity index (χ0n) is 21.1. The average molecular weight is 539 g/mol. The summed E-state index contributed by atoms with van der Waals surface area (Å²) < 4.78 is 0. The van der Waals surface area contributed by atoms with Crippen LogP contribution in [0.4, 0.5) is 11.6 Å². The highest BCUT2D eigenvalue weighted by atomic mass is 35.5. The number of imidazole rings is 1. The first kappa shape index (κ1) is 24.8. The standard InChI is InChI=1S/C29H27ClN8O/c30-25-24(18-6-9-21-22(14-18)34-15-35-27(21)32)37-28(38-25)23(12-16-4-2-1-3-5-16)36-29(39)19-7-8-20-17(13-19)10-11-33-26(20)31/h1-6,9-11,14-15,19,23H,7-8,12-13H2,(H2,31,33)(H,36,39)(H,37,38)(H2,32,34,35)/t19?,23-/m0/s1. The van der Waals surface area contributed by atoms with Crippen LogP contribution in [0.3, 0.4) is 0 Å². The predicted octanol–water partition coefficient (Wildman–Crippen LogP) is 4.44. The van der Waals surface area contributed by atoms with Crippen molar-refractivity contribution in [1.82, 2.24) is 30.2 Å². The fourth-order valence-corrected chi connectivity index (χ4v) is 5.49. The Bertz CT molecular complexity index is 1670. The quantitative estimate of drug-likeness (QED) is 0.250. The zero-order valence-corrected chi connectivity index (χ0v) is 21.8. The number of benzene rings is 2. The number of nitrogens with zero attached hydrogens (tertiary/aromatic N) is 4. The zero-order chi connectivity index (χ0) is 26.9. The van der Waals surface area contributed by atoms with E-state index in [-0.39, 0.29) is 11.8 Å². The molecule has 1 unspecified atom stereocenters. The van der Waals surface area contributed by atoms with Crippen molar-refractivity contribution in [1.29, 1.82) is 0 Å². The van der Waals surface area contributed by atoms with Gasteiger partial charge in [-0.25, -0.2) is 19.9 Å². The van der Waals surface area contributed by atoms with Crippen LogP contribution in [-0.2, 0) is 24.1 Å². The van der Waals surface area contributed by atoms with Gasteiger partial charge in [-0.05, 0) is 60.6 Å². The molecular weight excluding hydrogens is 512 g/mol. The molecule has 10 heteroatoms. The number of nitrogen functional groups attached to an aromatic ring is 2. The summed E-state index contributed by atoms with van der Waals surface area (Å²) in [5, 5.41) is 4.39. The minimum absolute atomic E-state index is 0.0242. The predicted molar refractivity (Wildman–Crippen MR) is 152 cm³/mol. The molecule has 0 saturated heterocycles. The van der Waals surface area contributed by atoms with Gasteiger partial charge in [0.1, 0.15) is 34.6 Å². The third kappa shape index (κ3) is 5.00. The Morgan fingerprint density at radius 2 is 1.92 bits per heavy atom. The highest BCUT2D eigenvalue weighted by Crippen LogP contribution is 2.32. The molecule has 2 atom stereocenters. The van der Waals surface area contributed by atoms with Gasteiger partial charge in [-0.3, -0.25) is 4.79 Å². The molecule has 5 aromatic rings. The first-order valence-corrected chi connectivity index (χ1v) is 13.2. The molecule has 9 nitrogen and oxygen atoms in total. The van der Waals surface area contributed by atoms with Crippen LogP contribution in [0.2, 0.25) is 5.15 Å². The molecule has 0 saturated carbocycles. The van der Waals surface area contributed by atoms with Gasteiger partial charge < -0.3 is 21.8 Å². The van der Waals surface area contributed by atoms with Crippen LogP contribution in [0.25, 0.3) is 22.2 Å². The lowest BCUT2D eigenvalue weighted by atomic mass is 9.83. The topological polar surface area (TPSA) is 148 Å². The Hall–Kier alpha value is -4.50. The Labute approximate surface area is 230 Å². The third-order valence-electron chi connectivity index (χ3n) is 7.31. The van der Waals surface area contributed by atoms with E-state index in [0.717, 1.165) is 34.1 Å². The van der Waals surface area contributed by atoms with E-state index in [4.69, 9.17) is 28.1 Å². The SMILES string of the molecule is Nc1nccc2c1CCC(C(=O)N[C@@H](Cc1ccccc1)c1nc(-c3ccc4c(N)ncnc4c3)c(Cl)[nH]1)C2. The summed E-state index contributed by atoms with van der Waals surface area (Å²) in [6.45, 7) is 0. The van der Waals surface area contributed by atoms with Crippen LogP contribution in [0.5, 0.6) is 0 Å². The fourth-order valence-electron chi connectivity index (χ4n) is 5.25. The van der Waals surface area contributed by atoms with E-state index in [1.807, 2.05) is 54.6 Å². The highest BCUT2D eigenvalue weighted by Gasteiger charge is 2.29. The molecule has 196 valence electrons. The maximum Gasteiger partial charge on any atom is 0.224 e. The number of fused-ring (bicyclic) bond motifs is 2. The molecule has 0 bridgehead atoms. The molecular formula is C29H27ClN8O. The van der Waals surface area contributed by atoms with E-state index >= 15 is 0 Å². The molecule has 6 rings (SSSR count). The number of hydrogen-bond acceptors (Lipinski definition) is 7. The average Bonchev–Trinajstić information content (AvgIpc) is 3.34. The molecule has 1 aliphatic carbocycles. The number of nitrogens with two attached hydrogens (primary N) is 2. The number of hydrogen-bond donors (Lipinski definition) is 4. The van der Waals surface area contributed by atoms with Gasteiger partial charge in [0.05, 0.1) is 11.6 Å². The monoisotopic (exact) mass is 538 g/mol. The van der Waals surface area contributed by atoms with Gasteiger partial charge in [-0.2, -0.15) is 0 Å². The van der Waals surface area contributed by atoms with E-state index < -0.39 is 6.04 Å². The summed E-state index contributed by atoms with van der Waals surface area (Å²) in [4.78, 5) is 34.2. The van der Waals surface area contributed by atoms with Gasteiger partial charge in [0, 0.05) is 23.1 Å². The Balaban J connectivity index is 1.29. The van der Waals surface area contributed by atoms with Crippen LogP contribution in [0, 0.1) is 5.92 Å². The number of nitrogens with one attached hydrogen (secondary N) is 2. The van der Waals surface area contributed by atoms with Gasteiger partial charge in [-0.1, -0.05) is 48.0 Å². The maximum atomic E-state index is 13.5. The summed E-state index contributed by atoms with van der Waals surface area (Å²) in [7, 11) is 0. The molecule has 0 aliphatic heterocycles. The van der Waals surface area contributed by atoms with Gasteiger partial charge in [-0.15, -0.1) is 0 Å². The van der Waals surface area contributed by atoms with Crippen molar-refractivity contribution in [3.63, 3.8) is 0 Å². The minimum Gasteiger partial charge on any atom is -0.383 e.